The summed E-state index contributed by atoms with van der Waals surface area (Å²) in [6, 6.07) is 5.65. The third-order valence-electron chi connectivity index (χ3n) is 2.61. The Balaban J connectivity index is 2.55. The summed E-state index contributed by atoms with van der Waals surface area (Å²) in [6.45, 7) is 4.93. The van der Waals surface area contributed by atoms with Gasteiger partial charge in [0.1, 0.15) is 0 Å². The number of carbonyl (C=O) groups is 1. The van der Waals surface area contributed by atoms with Gasteiger partial charge in [-0.25, -0.2) is 0 Å². The van der Waals surface area contributed by atoms with Gasteiger partial charge in [-0.2, -0.15) is 0 Å². The van der Waals surface area contributed by atoms with Crippen LogP contribution in [0.5, 0.6) is 0 Å². The van der Waals surface area contributed by atoms with Crippen LogP contribution in [-0.2, 0) is 4.79 Å². The van der Waals surface area contributed by atoms with E-state index < -0.39 is 0 Å². The number of nitrogens with zero attached hydrogens (tertiary/aromatic N) is 1. The molecule has 0 saturated heterocycles. The average molecular weight is 221 g/mol. The minimum absolute atomic E-state index is 0.0805. The van der Waals surface area contributed by atoms with Crippen molar-refractivity contribution < 1.29 is 4.79 Å². The van der Waals surface area contributed by atoms with Crippen LogP contribution in [0.3, 0.4) is 0 Å². The van der Waals surface area contributed by atoms with Gasteiger partial charge in [0, 0.05) is 25.0 Å². The van der Waals surface area contributed by atoms with Crippen molar-refractivity contribution in [2.24, 2.45) is 0 Å². The van der Waals surface area contributed by atoms with Crippen molar-refractivity contribution in [2.75, 3.05) is 31.2 Å². The first kappa shape index (κ1) is 12.4. The summed E-state index contributed by atoms with van der Waals surface area (Å²) in [5, 5.41) is 3.08. The number of nitrogen functional groups attached to an aromatic ring is 1. The van der Waals surface area contributed by atoms with Crippen LogP contribution in [0.4, 0.5) is 11.4 Å². The third-order valence-corrected chi connectivity index (χ3v) is 2.61. The molecule has 0 radical (unpaired) electrons. The summed E-state index contributed by atoms with van der Waals surface area (Å²) in [7, 11) is 1.79. The van der Waals surface area contributed by atoms with Crippen molar-refractivity contribution in [1.82, 2.24) is 4.90 Å². The molecule has 4 heteroatoms. The van der Waals surface area contributed by atoms with Crippen molar-refractivity contribution in [3.63, 3.8) is 0 Å². The molecule has 88 valence electrons. The molecule has 0 aliphatic rings. The summed E-state index contributed by atoms with van der Waals surface area (Å²) in [6.07, 6.45) is 0. The fraction of sp³-hybridized carbons (Fsp3) is 0.417. The van der Waals surface area contributed by atoms with E-state index in [-0.39, 0.29) is 5.91 Å². The van der Waals surface area contributed by atoms with Crippen LogP contribution in [0.25, 0.3) is 0 Å². The van der Waals surface area contributed by atoms with Crippen molar-refractivity contribution in [2.45, 2.75) is 13.8 Å². The van der Waals surface area contributed by atoms with E-state index in [1.165, 1.54) is 0 Å². The molecule has 0 fully saturated rings. The molecule has 0 atom stereocenters. The number of rotatable bonds is 4. The average Bonchev–Trinajstić information content (AvgIpc) is 2.29. The number of hydrogen-bond donors (Lipinski definition) is 2. The van der Waals surface area contributed by atoms with Crippen LogP contribution in [0.15, 0.2) is 18.2 Å². The second-order valence-electron chi connectivity index (χ2n) is 3.83. The van der Waals surface area contributed by atoms with Crippen molar-refractivity contribution in [1.29, 1.82) is 0 Å². The molecule has 0 heterocycles. The predicted octanol–water partition coefficient (Wildman–Crippen LogP) is 1.47. The highest BCUT2D eigenvalue weighted by molar-refractivity contribution is 5.80. The number of benzene rings is 1. The van der Waals surface area contributed by atoms with Gasteiger partial charge < -0.3 is 16.0 Å². The maximum atomic E-state index is 11.5. The van der Waals surface area contributed by atoms with E-state index in [0.717, 1.165) is 23.5 Å². The molecule has 0 aliphatic heterocycles. The molecular formula is C12H19N3O. The predicted molar refractivity (Wildman–Crippen MR) is 67.4 cm³/mol. The van der Waals surface area contributed by atoms with Gasteiger partial charge in [0.2, 0.25) is 5.91 Å². The minimum atomic E-state index is 0.0805. The van der Waals surface area contributed by atoms with Gasteiger partial charge in [-0.1, -0.05) is 0 Å². The second-order valence-corrected chi connectivity index (χ2v) is 3.83. The summed E-state index contributed by atoms with van der Waals surface area (Å²) in [5.74, 6) is 0.0805. The normalized spacial score (nSPS) is 9.94. The van der Waals surface area contributed by atoms with E-state index in [4.69, 9.17) is 5.73 Å². The van der Waals surface area contributed by atoms with Crippen LogP contribution in [0, 0.1) is 6.92 Å². The fourth-order valence-electron chi connectivity index (χ4n) is 1.27. The number of nitrogens with two attached hydrogens (primary N) is 1. The molecule has 0 spiro atoms. The first-order chi connectivity index (χ1) is 7.54. The van der Waals surface area contributed by atoms with Crippen LogP contribution < -0.4 is 11.1 Å². The Morgan fingerprint density at radius 3 is 2.75 bits per heavy atom. The zero-order chi connectivity index (χ0) is 12.1. The molecule has 1 aromatic carbocycles. The first-order valence-electron chi connectivity index (χ1n) is 5.38. The Morgan fingerprint density at radius 2 is 2.19 bits per heavy atom. The number of amides is 1. The number of nitrogens with one attached hydrogen (secondary N) is 1. The first-order valence-corrected chi connectivity index (χ1v) is 5.38. The summed E-state index contributed by atoms with van der Waals surface area (Å²) in [5.41, 5.74) is 8.41. The van der Waals surface area contributed by atoms with E-state index >= 15 is 0 Å². The van der Waals surface area contributed by atoms with E-state index in [0.29, 0.717) is 6.54 Å². The molecule has 0 aliphatic carbocycles. The van der Waals surface area contributed by atoms with E-state index in [1.54, 1.807) is 11.9 Å². The lowest BCUT2D eigenvalue weighted by atomic mass is 10.2. The molecule has 3 N–H and O–H groups in total. The molecular weight excluding hydrogens is 202 g/mol. The number of carbonyl (C=O) groups excluding carboxylic acids is 1. The monoisotopic (exact) mass is 221 g/mol. The smallest absolute Gasteiger partial charge is 0.241 e. The third kappa shape index (κ3) is 3.15. The maximum absolute atomic E-state index is 11.5. The van der Waals surface area contributed by atoms with Gasteiger partial charge in [-0.15, -0.1) is 0 Å². The van der Waals surface area contributed by atoms with E-state index in [2.05, 4.69) is 5.32 Å². The lowest BCUT2D eigenvalue weighted by Gasteiger charge is -2.15. The number of anilines is 2. The Kier molecular flexibility index (Phi) is 4.17. The standard InChI is InChI=1S/C12H19N3O/c1-4-15(3)12(16)8-14-10-5-6-11(13)9(2)7-10/h5-7,14H,4,8,13H2,1-3H3. The molecule has 1 rings (SSSR count). The van der Waals surface area contributed by atoms with Gasteiger partial charge in [-0.05, 0) is 37.6 Å². The summed E-state index contributed by atoms with van der Waals surface area (Å²) in [4.78, 5) is 13.2. The maximum Gasteiger partial charge on any atom is 0.241 e. The van der Waals surface area contributed by atoms with Crippen LogP contribution in [-0.4, -0.2) is 30.9 Å². The Morgan fingerprint density at radius 1 is 1.50 bits per heavy atom. The van der Waals surface area contributed by atoms with Crippen LogP contribution >= 0.6 is 0 Å². The Bertz CT molecular complexity index is 377. The highest BCUT2D eigenvalue weighted by Gasteiger charge is 2.05. The van der Waals surface area contributed by atoms with E-state index in [1.807, 2.05) is 32.0 Å². The lowest BCUT2D eigenvalue weighted by Crippen LogP contribution is -2.31. The van der Waals surface area contributed by atoms with Crippen LogP contribution in [0.1, 0.15) is 12.5 Å². The van der Waals surface area contributed by atoms with Gasteiger partial charge in [0.25, 0.3) is 0 Å². The number of likely N-dealkylation sites (N-methyl/N-ethyl adjacent to an activating group) is 1. The topological polar surface area (TPSA) is 58.4 Å². The SMILES string of the molecule is CCN(C)C(=O)CNc1ccc(N)c(C)c1. The summed E-state index contributed by atoms with van der Waals surface area (Å²) < 4.78 is 0. The highest BCUT2D eigenvalue weighted by atomic mass is 16.2. The zero-order valence-corrected chi connectivity index (χ0v) is 10.1. The van der Waals surface area contributed by atoms with Crippen molar-refractivity contribution in [3.8, 4) is 0 Å². The fourth-order valence-corrected chi connectivity index (χ4v) is 1.27. The van der Waals surface area contributed by atoms with Gasteiger partial charge >= 0.3 is 0 Å². The molecule has 1 aromatic rings. The van der Waals surface area contributed by atoms with E-state index in [9.17, 15) is 4.79 Å². The van der Waals surface area contributed by atoms with Gasteiger partial charge in [0.05, 0.1) is 6.54 Å². The van der Waals surface area contributed by atoms with Crippen LogP contribution in [0.2, 0.25) is 0 Å². The highest BCUT2D eigenvalue weighted by Crippen LogP contribution is 2.16. The van der Waals surface area contributed by atoms with Gasteiger partial charge in [-0.3, -0.25) is 4.79 Å². The number of aryl methyl sites for hydroxylation is 1. The summed E-state index contributed by atoms with van der Waals surface area (Å²) >= 11 is 0. The lowest BCUT2D eigenvalue weighted by molar-refractivity contribution is -0.127. The minimum Gasteiger partial charge on any atom is -0.399 e. The number of hydrogen-bond acceptors (Lipinski definition) is 3. The second kappa shape index (κ2) is 5.39. The largest absolute Gasteiger partial charge is 0.399 e. The Hall–Kier alpha value is -1.71. The molecule has 0 saturated carbocycles. The molecule has 16 heavy (non-hydrogen) atoms. The Labute approximate surface area is 96.4 Å². The quantitative estimate of drug-likeness (QED) is 0.757. The molecule has 1 amide bonds. The molecule has 0 aromatic heterocycles. The van der Waals surface area contributed by atoms with Crippen molar-refractivity contribution >= 4 is 17.3 Å². The van der Waals surface area contributed by atoms with Crippen molar-refractivity contribution in [3.05, 3.63) is 23.8 Å². The molecule has 0 unspecified atom stereocenters. The zero-order valence-electron chi connectivity index (χ0n) is 10.1. The molecule has 4 nitrogen and oxygen atoms in total. The van der Waals surface area contributed by atoms with Gasteiger partial charge in [0.15, 0.2) is 0 Å². The molecule has 0 bridgehead atoms.